The lowest BCUT2D eigenvalue weighted by Crippen LogP contribution is -2.45. The number of hydrogen-bond donors (Lipinski definition) is 1. The highest BCUT2D eigenvalue weighted by molar-refractivity contribution is 5.87. The van der Waals surface area contributed by atoms with Crippen molar-refractivity contribution in [1.29, 1.82) is 0 Å². The lowest BCUT2D eigenvalue weighted by Gasteiger charge is -2.40. The average molecular weight is 539 g/mol. The van der Waals surface area contributed by atoms with Crippen molar-refractivity contribution in [3.8, 4) is 22.5 Å². The highest BCUT2D eigenvalue weighted by atomic mass is 16.5. The summed E-state index contributed by atoms with van der Waals surface area (Å²) < 4.78 is 13.9. The summed E-state index contributed by atoms with van der Waals surface area (Å²) >= 11 is 0. The highest BCUT2D eigenvalue weighted by Gasteiger charge is 2.42. The molecule has 4 heterocycles. The van der Waals surface area contributed by atoms with Crippen LogP contribution in [0.2, 0.25) is 0 Å². The zero-order valence-electron chi connectivity index (χ0n) is 22.9. The van der Waals surface area contributed by atoms with Crippen LogP contribution in [-0.4, -0.2) is 44.2 Å². The number of aryl methyl sites for hydroxylation is 2. The van der Waals surface area contributed by atoms with Gasteiger partial charge in [0, 0.05) is 47.4 Å². The molecule has 40 heavy (non-hydrogen) atoms. The minimum atomic E-state index is -0.973. The fourth-order valence-corrected chi connectivity index (χ4v) is 6.68. The number of anilines is 1. The van der Waals surface area contributed by atoms with E-state index in [0.717, 1.165) is 53.8 Å². The number of benzene rings is 2. The third-order valence-electron chi connectivity index (χ3n) is 8.88. The quantitative estimate of drug-likeness (QED) is 0.280. The number of rotatable bonds is 8. The Morgan fingerprint density at radius 3 is 2.42 bits per heavy atom. The summed E-state index contributed by atoms with van der Waals surface area (Å²) in [5.41, 5.74) is 7.36. The Kier molecular flexibility index (Phi) is 6.23. The molecule has 4 aromatic rings. The lowest BCUT2D eigenvalue weighted by atomic mass is 9.97. The van der Waals surface area contributed by atoms with Gasteiger partial charge < -0.3 is 19.3 Å². The number of fused-ring (bicyclic) bond motifs is 2. The SMILES string of the molecule is Cc1ccccc1-c1noc(C2CC2)c1COC1C[C@H]2CC[C@@H](C1)N2c1ccc(-c2cc(C(=O)O)n(C)n2)cc1. The van der Waals surface area contributed by atoms with Gasteiger partial charge in [0.2, 0.25) is 0 Å². The van der Waals surface area contributed by atoms with E-state index in [2.05, 4.69) is 58.5 Å². The predicted octanol–water partition coefficient (Wildman–Crippen LogP) is 6.34. The molecule has 2 saturated heterocycles. The largest absolute Gasteiger partial charge is 0.477 e. The van der Waals surface area contributed by atoms with Crippen molar-refractivity contribution in [2.45, 2.75) is 76.2 Å². The molecule has 0 spiro atoms. The van der Waals surface area contributed by atoms with Gasteiger partial charge in [0.25, 0.3) is 0 Å². The van der Waals surface area contributed by atoms with Gasteiger partial charge in [-0.3, -0.25) is 4.68 Å². The maximum atomic E-state index is 11.4. The van der Waals surface area contributed by atoms with Crippen LogP contribution in [-0.2, 0) is 18.4 Å². The zero-order chi connectivity index (χ0) is 27.4. The first-order valence-corrected chi connectivity index (χ1v) is 14.3. The standard InChI is InChI=1S/C32H34N4O4/c1-19-5-3-4-6-26(19)30-27(31(40-34-30)21-7-8-21)18-39-25-15-23-13-14-24(16-25)36(23)22-11-9-20(10-12-22)28-17-29(32(37)38)35(2)33-28/h3-6,9-12,17,21,23-25H,7-8,13-16,18H2,1-2H3,(H,37,38)/t23-,24+,25?. The minimum absolute atomic E-state index is 0.181. The van der Waals surface area contributed by atoms with E-state index in [1.807, 2.05) is 12.1 Å². The van der Waals surface area contributed by atoms with E-state index in [1.165, 1.54) is 28.8 Å². The molecule has 2 bridgehead atoms. The maximum Gasteiger partial charge on any atom is 0.354 e. The van der Waals surface area contributed by atoms with Gasteiger partial charge in [-0.1, -0.05) is 41.6 Å². The molecule has 8 heteroatoms. The summed E-state index contributed by atoms with van der Waals surface area (Å²) in [5.74, 6) is 0.521. The number of hydrogen-bond acceptors (Lipinski definition) is 6. The van der Waals surface area contributed by atoms with Crippen molar-refractivity contribution in [3.05, 3.63) is 77.2 Å². The van der Waals surface area contributed by atoms with E-state index < -0.39 is 5.97 Å². The first kappa shape index (κ1) is 25.1. The van der Waals surface area contributed by atoms with Crippen molar-refractivity contribution in [3.63, 3.8) is 0 Å². The van der Waals surface area contributed by atoms with Crippen LogP contribution in [0, 0.1) is 6.92 Å². The number of aromatic nitrogens is 3. The number of ether oxygens (including phenoxy) is 1. The average Bonchev–Trinajstić information content (AvgIpc) is 3.50. The van der Waals surface area contributed by atoms with Gasteiger partial charge in [-0.05, 0) is 69.2 Å². The van der Waals surface area contributed by atoms with Gasteiger partial charge in [-0.25, -0.2) is 4.79 Å². The Hall–Kier alpha value is -3.91. The van der Waals surface area contributed by atoms with Crippen molar-refractivity contribution < 1.29 is 19.2 Å². The topological polar surface area (TPSA) is 93.6 Å². The van der Waals surface area contributed by atoms with Crippen LogP contribution in [0.1, 0.15) is 71.8 Å². The van der Waals surface area contributed by atoms with E-state index in [-0.39, 0.29) is 11.8 Å². The monoisotopic (exact) mass is 538 g/mol. The third-order valence-corrected chi connectivity index (χ3v) is 8.88. The fraction of sp³-hybridized carbons (Fsp3) is 0.406. The van der Waals surface area contributed by atoms with Gasteiger partial charge in [0.15, 0.2) is 0 Å². The second kappa shape index (κ2) is 9.93. The molecule has 8 nitrogen and oxygen atoms in total. The van der Waals surface area contributed by atoms with E-state index in [9.17, 15) is 9.90 Å². The van der Waals surface area contributed by atoms with Crippen LogP contribution in [0.5, 0.6) is 0 Å². The molecule has 2 aromatic carbocycles. The zero-order valence-corrected chi connectivity index (χ0v) is 22.9. The summed E-state index contributed by atoms with van der Waals surface area (Å²) in [6.07, 6.45) is 6.89. The number of aromatic carboxylic acids is 1. The summed E-state index contributed by atoms with van der Waals surface area (Å²) in [7, 11) is 1.66. The normalized spacial score (nSPS) is 22.1. The molecule has 1 aliphatic carbocycles. The number of nitrogens with zero attached hydrogens (tertiary/aromatic N) is 4. The Bertz CT molecular complexity index is 1540. The summed E-state index contributed by atoms with van der Waals surface area (Å²) in [5, 5.41) is 18.2. The van der Waals surface area contributed by atoms with Gasteiger partial charge in [-0.15, -0.1) is 0 Å². The molecular formula is C32H34N4O4. The Balaban J connectivity index is 1.05. The first-order chi connectivity index (χ1) is 19.5. The van der Waals surface area contributed by atoms with Gasteiger partial charge >= 0.3 is 5.97 Å². The second-order valence-corrected chi connectivity index (χ2v) is 11.6. The Morgan fingerprint density at radius 1 is 1.05 bits per heavy atom. The number of piperidine rings is 1. The fourth-order valence-electron chi connectivity index (χ4n) is 6.68. The first-order valence-electron chi connectivity index (χ1n) is 14.3. The highest BCUT2D eigenvalue weighted by Crippen LogP contribution is 2.45. The van der Waals surface area contributed by atoms with Crippen LogP contribution in [0.15, 0.2) is 59.1 Å². The maximum absolute atomic E-state index is 11.4. The molecule has 7 rings (SSSR count). The summed E-state index contributed by atoms with van der Waals surface area (Å²) in [4.78, 5) is 14.0. The van der Waals surface area contributed by atoms with E-state index >= 15 is 0 Å². The second-order valence-electron chi connectivity index (χ2n) is 11.6. The Morgan fingerprint density at radius 2 is 1.77 bits per heavy atom. The minimum Gasteiger partial charge on any atom is -0.477 e. The number of carboxylic acids is 1. The molecule has 1 unspecified atom stereocenters. The molecule has 1 saturated carbocycles. The van der Waals surface area contributed by atoms with E-state index in [1.54, 1.807) is 13.1 Å². The van der Waals surface area contributed by atoms with Gasteiger partial charge in [-0.2, -0.15) is 5.10 Å². The molecular weight excluding hydrogens is 504 g/mol. The van der Waals surface area contributed by atoms with Crippen molar-refractivity contribution in [2.75, 3.05) is 4.90 Å². The van der Waals surface area contributed by atoms with Crippen molar-refractivity contribution >= 4 is 11.7 Å². The number of carbonyl (C=O) groups is 1. The summed E-state index contributed by atoms with van der Waals surface area (Å²) in [6, 6.07) is 19.3. The van der Waals surface area contributed by atoms with Gasteiger partial charge in [0.1, 0.15) is 17.1 Å². The molecule has 2 aromatic heterocycles. The molecule has 0 radical (unpaired) electrons. The van der Waals surface area contributed by atoms with Crippen molar-refractivity contribution in [1.82, 2.24) is 14.9 Å². The molecule has 0 amide bonds. The molecule has 3 aliphatic rings. The molecule has 206 valence electrons. The smallest absolute Gasteiger partial charge is 0.354 e. The predicted molar refractivity (Wildman–Crippen MR) is 151 cm³/mol. The van der Waals surface area contributed by atoms with Crippen LogP contribution >= 0.6 is 0 Å². The Labute approximate surface area is 233 Å². The third kappa shape index (κ3) is 4.50. The van der Waals surface area contributed by atoms with E-state index in [0.29, 0.717) is 30.3 Å². The molecule has 3 atom stereocenters. The molecule has 2 aliphatic heterocycles. The number of carboxylic acid groups (broad SMARTS) is 1. The van der Waals surface area contributed by atoms with Crippen LogP contribution in [0.3, 0.4) is 0 Å². The van der Waals surface area contributed by atoms with Crippen LogP contribution in [0.4, 0.5) is 5.69 Å². The van der Waals surface area contributed by atoms with Crippen LogP contribution < -0.4 is 4.90 Å². The summed E-state index contributed by atoms with van der Waals surface area (Å²) in [6.45, 7) is 2.66. The van der Waals surface area contributed by atoms with Crippen molar-refractivity contribution in [2.24, 2.45) is 7.05 Å². The lowest BCUT2D eigenvalue weighted by molar-refractivity contribution is 0.0147. The molecule has 3 fully saturated rings. The van der Waals surface area contributed by atoms with Crippen LogP contribution in [0.25, 0.3) is 22.5 Å². The molecule has 1 N–H and O–H groups in total. The van der Waals surface area contributed by atoms with E-state index in [4.69, 9.17) is 9.26 Å². The van der Waals surface area contributed by atoms with Gasteiger partial charge in [0.05, 0.1) is 18.4 Å².